The molecule has 0 bridgehead atoms. The van der Waals surface area contributed by atoms with Crippen LogP contribution in [0, 0.1) is 5.41 Å². The summed E-state index contributed by atoms with van der Waals surface area (Å²) in [6.45, 7) is 3.55. The predicted octanol–water partition coefficient (Wildman–Crippen LogP) is 0.390. The maximum absolute atomic E-state index is 13.1. The van der Waals surface area contributed by atoms with Gasteiger partial charge in [0, 0.05) is 6.42 Å². The van der Waals surface area contributed by atoms with Crippen LogP contribution in [0.1, 0.15) is 44.6 Å². The van der Waals surface area contributed by atoms with Gasteiger partial charge in [-0.3, -0.25) is 19.2 Å². The minimum atomic E-state index is -0.925. The minimum absolute atomic E-state index is 0.124. The van der Waals surface area contributed by atoms with E-state index < -0.39 is 35.3 Å². The first-order valence-electron chi connectivity index (χ1n) is 9.15. The number of hydrogen-bond acceptors (Lipinski definition) is 5. The van der Waals surface area contributed by atoms with Crippen molar-refractivity contribution in [3.05, 3.63) is 35.9 Å². The number of rotatable bonds is 9. The van der Waals surface area contributed by atoms with E-state index in [9.17, 15) is 19.2 Å². The second-order valence-electron chi connectivity index (χ2n) is 7.95. The zero-order chi connectivity index (χ0) is 20.9. The number of amides is 3. The van der Waals surface area contributed by atoms with Gasteiger partial charge in [0.15, 0.2) is 5.78 Å². The summed E-state index contributed by atoms with van der Waals surface area (Å²) in [5.74, 6) is -2.33. The summed E-state index contributed by atoms with van der Waals surface area (Å²) in [6.07, 6.45) is -0.447. The molecule has 0 spiro atoms. The van der Waals surface area contributed by atoms with E-state index in [2.05, 4.69) is 5.32 Å². The van der Waals surface area contributed by atoms with E-state index >= 15 is 0 Å². The first-order valence-corrected chi connectivity index (χ1v) is 9.15. The van der Waals surface area contributed by atoms with E-state index in [0.717, 1.165) is 5.56 Å². The third-order valence-corrected chi connectivity index (χ3v) is 4.79. The topological polar surface area (TPSA) is 142 Å². The van der Waals surface area contributed by atoms with Crippen LogP contribution in [-0.2, 0) is 23.9 Å². The average molecular weight is 389 g/mol. The van der Waals surface area contributed by atoms with Crippen LogP contribution in [0.3, 0.4) is 0 Å². The van der Waals surface area contributed by atoms with Crippen LogP contribution in [0.2, 0.25) is 0 Å². The molecular formula is C20H27N3O5. The van der Waals surface area contributed by atoms with Gasteiger partial charge in [-0.2, -0.15) is 0 Å². The van der Waals surface area contributed by atoms with Crippen LogP contribution in [-0.4, -0.2) is 42.3 Å². The van der Waals surface area contributed by atoms with Crippen molar-refractivity contribution in [1.29, 1.82) is 0 Å². The Morgan fingerprint density at radius 1 is 1.18 bits per heavy atom. The molecule has 1 heterocycles. The van der Waals surface area contributed by atoms with Crippen molar-refractivity contribution in [3.8, 4) is 0 Å². The molecule has 1 aromatic rings. The summed E-state index contributed by atoms with van der Waals surface area (Å²) in [5, 5.41) is 2.72. The Morgan fingerprint density at radius 3 is 2.39 bits per heavy atom. The van der Waals surface area contributed by atoms with Crippen LogP contribution in [0.5, 0.6) is 0 Å². The molecule has 0 aliphatic carbocycles. The number of ether oxygens (including phenoxy) is 1. The predicted molar refractivity (Wildman–Crippen MR) is 102 cm³/mol. The Kier molecular flexibility index (Phi) is 6.90. The van der Waals surface area contributed by atoms with Crippen molar-refractivity contribution >= 4 is 23.5 Å². The first kappa shape index (κ1) is 21.6. The molecule has 5 N–H and O–H groups in total. The SMILES string of the molecule is CC(C)(CC(N)=O)CC(C(=O)NC1C(=O)COC1CC(N)=O)c1ccccc1. The molecule has 28 heavy (non-hydrogen) atoms. The summed E-state index contributed by atoms with van der Waals surface area (Å²) in [6, 6.07) is 8.18. The molecule has 1 aliphatic rings. The number of nitrogens with two attached hydrogens (primary N) is 2. The molecule has 152 valence electrons. The van der Waals surface area contributed by atoms with Crippen LogP contribution in [0.15, 0.2) is 30.3 Å². The fourth-order valence-electron chi connectivity index (χ4n) is 3.53. The highest BCUT2D eigenvalue weighted by molar-refractivity contribution is 5.94. The van der Waals surface area contributed by atoms with Gasteiger partial charge >= 0.3 is 0 Å². The Hall–Kier alpha value is -2.74. The summed E-state index contributed by atoms with van der Waals surface area (Å²) >= 11 is 0. The lowest BCUT2D eigenvalue weighted by atomic mass is 9.77. The zero-order valence-corrected chi connectivity index (χ0v) is 16.1. The van der Waals surface area contributed by atoms with E-state index in [1.807, 2.05) is 44.2 Å². The smallest absolute Gasteiger partial charge is 0.228 e. The third kappa shape index (κ3) is 5.88. The summed E-state index contributed by atoms with van der Waals surface area (Å²) in [7, 11) is 0. The summed E-state index contributed by atoms with van der Waals surface area (Å²) in [4.78, 5) is 47.8. The van der Waals surface area contributed by atoms with Crippen molar-refractivity contribution in [3.63, 3.8) is 0 Å². The highest BCUT2D eigenvalue weighted by Crippen LogP contribution is 2.34. The maximum atomic E-state index is 13.1. The van der Waals surface area contributed by atoms with E-state index in [-0.39, 0.29) is 31.1 Å². The van der Waals surface area contributed by atoms with Gasteiger partial charge in [-0.1, -0.05) is 44.2 Å². The van der Waals surface area contributed by atoms with Gasteiger partial charge in [-0.05, 0) is 17.4 Å². The Labute approximate surface area is 164 Å². The zero-order valence-electron chi connectivity index (χ0n) is 16.1. The molecule has 2 rings (SSSR count). The number of nitrogens with one attached hydrogen (secondary N) is 1. The van der Waals surface area contributed by atoms with Crippen molar-refractivity contribution in [2.45, 2.75) is 51.2 Å². The summed E-state index contributed by atoms with van der Waals surface area (Å²) in [5.41, 5.74) is 10.8. The fraction of sp³-hybridized carbons (Fsp3) is 0.500. The lowest BCUT2D eigenvalue weighted by molar-refractivity contribution is -0.128. The van der Waals surface area contributed by atoms with E-state index in [1.54, 1.807) is 0 Å². The monoisotopic (exact) mass is 389 g/mol. The molecular weight excluding hydrogens is 362 g/mol. The lowest BCUT2D eigenvalue weighted by Crippen LogP contribution is -2.48. The van der Waals surface area contributed by atoms with E-state index in [4.69, 9.17) is 16.2 Å². The number of benzene rings is 1. The maximum Gasteiger partial charge on any atom is 0.228 e. The highest BCUT2D eigenvalue weighted by Gasteiger charge is 2.40. The molecule has 1 fully saturated rings. The first-order chi connectivity index (χ1) is 13.1. The summed E-state index contributed by atoms with van der Waals surface area (Å²) < 4.78 is 5.30. The molecule has 1 aromatic carbocycles. The second-order valence-corrected chi connectivity index (χ2v) is 7.95. The van der Waals surface area contributed by atoms with Gasteiger partial charge < -0.3 is 21.5 Å². The van der Waals surface area contributed by atoms with Crippen molar-refractivity contribution in [1.82, 2.24) is 5.32 Å². The van der Waals surface area contributed by atoms with Gasteiger partial charge in [-0.25, -0.2) is 0 Å². The molecule has 3 unspecified atom stereocenters. The fourth-order valence-corrected chi connectivity index (χ4v) is 3.53. The number of carbonyl (C=O) groups is 4. The molecule has 0 aromatic heterocycles. The van der Waals surface area contributed by atoms with E-state index in [0.29, 0.717) is 6.42 Å². The second kappa shape index (κ2) is 8.97. The van der Waals surface area contributed by atoms with Crippen LogP contribution in [0.4, 0.5) is 0 Å². The Balaban J connectivity index is 2.22. The van der Waals surface area contributed by atoms with Crippen LogP contribution >= 0.6 is 0 Å². The van der Waals surface area contributed by atoms with Crippen molar-refractivity contribution < 1.29 is 23.9 Å². The average Bonchev–Trinajstić information content (AvgIpc) is 2.92. The normalized spacial score (nSPS) is 20.6. The number of primary amides is 2. The Bertz CT molecular complexity index is 747. The number of carbonyl (C=O) groups excluding carboxylic acids is 4. The minimum Gasteiger partial charge on any atom is -0.370 e. The van der Waals surface area contributed by atoms with Crippen LogP contribution in [0.25, 0.3) is 0 Å². The molecule has 8 heteroatoms. The molecule has 8 nitrogen and oxygen atoms in total. The standard InChI is InChI=1S/C20H27N3O5/c1-20(2,10-17(22)26)9-13(12-6-4-3-5-7-12)19(27)23-18-14(24)11-28-15(18)8-16(21)25/h3-7,13,15,18H,8-11H2,1-2H3,(H2,21,25)(H2,22,26)(H,23,27). The quantitative estimate of drug-likeness (QED) is 0.560. The molecule has 0 radical (unpaired) electrons. The molecule has 3 atom stereocenters. The molecule has 3 amide bonds. The van der Waals surface area contributed by atoms with Crippen molar-refractivity contribution in [2.75, 3.05) is 6.61 Å². The van der Waals surface area contributed by atoms with E-state index in [1.165, 1.54) is 0 Å². The molecule has 1 aliphatic heterocycles. The lowest BCUT2D eigenvalue weighted by Gasteiger charge is -2.29. The van der Waals surface area contributed by atoms with Gasteiger partial charge in [0.1, 0.15) is 12.6 Å². The highest BCUT2D eigenvalue weighted by atomic mass is 16.5. The largest absolute Gasteiger partial charge is 0.370 e. The number of ketones is 1. The Morgan fingerprint density at radius 2 is 1.82 bits per heavy atom. The number of Topliss-reactive ketones (excluding diaryl/α,β-unsaturated/α-hetero) is 1. The van der Waals surface area contributed by atoms with Gasteiger partial charge in [0.25, 0.3) is 0 Å². The van der Waals surface area contributed by atoms with Gasteiger partial charge in [0.2, 0.25) is 17.7 Å². The number of hydrogen-bond donors (Lipinski definition) is 3. The van der Waals surface area contributed by atoms with Gasteiger partial charge in [-0.15, -0.1) is 0 Å². The van der Waals surface area contributed by atoms with Gasteiger partial charge in [0.05, 0.1) is 18.4 Å². The molecule has 0 saturated carbocycles. The molecule has 1 saturated heterocycles. The van der Waals surface area contributed by atoms with Crippen molar-refractivity contribution in [2.24, 2.45) is 16.9 Å². The third-order valence-electron chi connectivity index (χ3n) is 4.79. The van der Waals surface area contributed by atoms with Crippen LogP contribution < -0.4 is 16.8 Å².